The molecule has 1 aliphatic heterocycles. The van der Waals surface area contributed by atoms with E-state index in [1.807, 2.05) is 79.7 Å². The van der Waals surface area contributed by atoms with E-state index in [1.165, 1.54) is 4.90 Å². The molecule has 1 N–H and O–H groups in total. The van der Waals surface area contributed by atoms with E-state index in [-0.39, 0.29) is 17.7 Å². The molecule has 4 aromatic carbocycles. The first-order chi connectivity index (χ1) is 20.0. The molecule has 7 nitrogen and oxygen atoms in total. The summed E-state index contributed by atoms with van der Waals surface area (Å²) in [5, 5.41) is 4.47. The lowest BCUT2D eigenvalue weighted by Gasteiger charge is -2.52. The van der Waals surface area contributed by atoms with Crippen LogP contribution in [0.5, 0.6) is 5.75 Å². The second-order valence-electron chi connectivity index (χ2n) is 10.8. The minimum atomic E-state index is -1.05. The maximum atomic E-state index is 14.4. The van der Waals surface area contributed by atoms with Crippen molar-refractivity contribution in [3.05, 3.63) is 130 Å². The molecule has 4 aliphatic rings. The number of ether oxygens (including phenoxy) is 1. The standard InChI is InChI=1S/C34H27N3O4/c1-20-11-15-22(16-12-20)37-32(39)29-28-24-7-3-5-9-26(24)34(30(29)33(37)40,27-10-6-4-8-25(27)28)19-35-36-31(38)21-13-17-23(41-2)18-14-21/h3-19,28-30H,1-2H3,(H,36,38)/b35-19+/t28?,29-,30+,34?/m0/s1. The van der Waals surface area contributed by atoms with Gasteiger partial charge in [-0.2, -0.15) is 5.10 Å². The van der Waals surface area contributed by atoms with E-state index in [9.17, 15) is 14.4 Å². The third-order valence-electron chi connectivity index (χ3n) is 8.76. The van der Waals surface area contributed by atoms with Crippen molar-refractivity contribution >= 4 is 29.6 Å². The van der Waals surface area contributed by atoms with Crippen molar-refractivity contribution in [2.75, 3.05) is 12.0 Å². The van der Waals surface area contributed by atoms with Crippen molar-refractivity contribution in [2.45, 2.75) is 18.3 Å². The molecule has 202 valence electrons. The second-order valence-corrected chi connectivity index (χ2v) is 10.8. The van der Waals surface area contributed by atoms with E-state index in [2.05, 4.69) is 10.5 Å². The summed E-state index contributed by atoms with van der Waals surface area (Å²) in [5.74, 6) is -1.79. The molecule has 0 spiro atoms. The molecular weight excluding hydrogens is 514 g/mol. The zero-order chi connectivity index (χ0) is 28.3. The molecule has 0 unspecified atom stereocenters. The van der Waals surface area contributed by atoms with E-state index in [0.717, 1.165) is 27.8 Å². The molecule has 0 saturated carbocycles. The Morgan fingerprint density at radius 2 is 1.46 bits per heavy atom. The molecule has 1 saturated heterocycles. The van der Waals surface area contributed by atoms with Crippen molar-refractivity contribution in [2.24, 2.45) is 16.9 Å². The van der Waals surface area contributed by atoms with Gasteiger partial charge in [0.15, 0.2) is 0 Å². The van der Waals surface area contributed by atoms with Crippen LogP contribution < -0.4 is 15.1 Å². The Morgan fingerprint density at radius 3 is 2.07 bits per heavy atom. The largest absolute Gasteiger partial charge is 0.497 e. The number of hydrogen-bond donors (Lipinski definition) is 1. The van der Waals surface area contributed by atoms with E-state index in [0.29, 0.717) is 17.0 Å². The second kappa shape index (κ2) is 9.27. The van der Waals surface area contributed by atoms with Gasteiger partial charge in [0.1, 0.15) is 5.75 Å². The lowest BCUT2D eigenvalue weighted by molar-refractivity contribution is -0.122. The third kappa shape index (κ3) is 3.51. The highest BCUT2D eigenvalue weighted by molar-refractivity contribution is 6.25. The molecule has 8 rings (SSSR count). The van der Waals surface area contributed by atoms with Crippen molar-refractivity contribution < 1.29 is 19.1 Å². The van der Waals surface area contributed by atoms with E-state index >= 15 is 0 Å². The van der Waals surface area contributed by atoms with Gasteiger partial charge in [0.05, 0.1) is 30.0 Å². The summed E-state index contributed by atoms with van der Waals surface area (Å²) < 4.78 is 5.19. The van der Waals surface area contributed by atoms with Gasteiger partial charge >= 0.3 is 0 Å². The number of rotatable bonds is 5. The fraction of sp³-hybridized carbons (Fsp3) is 0.176. The fourth-order valence-corrected chi connectivity index (χ4v) is 7.00. The van der Waals surface area contributed by atoms with Gasteiger partial charge in [-0.05, 0) is 65.6 Å². The van der Waals surface area contributed by atoms with Crippen molar-refractivity contribution in [3.63, 3.8) is 0 Å². The number of nitrogens with zero attached hydrogens (tertiary/aromatic N) is 2. The summed E-state index contributed by atoms with van der Waals surface area (Å²) >= 11 is 0. The van der Waals surface area contributed by atoms with Gasteiger partial charge in [-0.1, -0.05) is 66.2 Å². The summed E-state index contributed by atoms with van der Waals surface area (Å²) in [6, 6.07) is 30.1. The average Bonchev–Trinajstić information content (AvgIpc) is 3.28. The Hall–Kier alpha value is -5.04. The van der Waals surface area contributed by atoms with Crippen molar-refractivity contribution in [3.8, 4) is 5.75 Å². The zero-order valence-corrected chi connectivity index (χ0v) is 22.6. The number of benzene rings is 4. The molecule has 1 fully saturated rings. The Morgan fingerprint density at radius 1 is 0.854 bits per heavy atom. The van der Waals surface area contributed by atoms with Crippen LogP contribution in [0.3, 0.4) is 0 Å². The summed E-state index contributed by atoms with van der Waals surface area (Å²) in [6.45, 7) is 1.97. The minimum absolute atomic E-state index is 0.210. The first kappa shape index (κ1) is 25.0. The van der Waals surface area contributed by atoms with Crippen molar-refractivity contribution in [1.82, 2.24) is 5.43 Å². The van der Waals surface area contributed by atoms with Crippen LogP contribution >= 0.6 is 0 Å². The first-order valence-corrected chi connectivity index (χ1v) is 13.6. The maximum absolute atomic E-state index is 14.4. The predicted molar refractivity (Wildman–Crippen MR) is 155 cm³/mol. The van der Waals surface area contributed by atoms with Gasteiger partial charge in [-0.3, -0.25) is 14.4 Å². The van der Waals surface area contributed by atoms with Gasteiger partial charge in [0.2, 0.25) is 11.8 Å². The lowest BCUT2D eigenvalue weighted by atomic mass is 9.47. The van der Waals surface area contributed by atoms with Crippen LogP contribution in [0.1, 0.15) is 44.1 Å². The normalized spacial score (nSPS) is 23.8. The Kier molecular flexibility index (Phi) is 5.64. The van der Waals surface area contributed by atoms with Crippen LogP contribution in [-0.2, 0) is 15.0 Å². The van der Waals surface area contributed by atoms with E-state index in [1.54, 1.807) is 37.6 Å². The summed E-state index contributed by atoms with van der Waals surface area (Å²) in [5.41, 5.74) is 7.51. The molecule has 3 aliphatic carbocycles. The van der Waals surface area contributed by atoms with Gasteiger partial charge in [-0.15, -0.1) is 0 Å². The monoisotopic (exact) mass is 541 g/mol. The Labute approximate surface area is 237 Å². The van der Waals surface area contributed by atoms with Crippen LogP contribution in [-0.4, -0.2) is 31.0 Å². The number of nitrogens with one attached hydrogen (secondary N) is 1. The lowest BCUT2D eigenvalue weighted by Crippen LogP contribution is -2.54. The predicted octanol–water partition coefficient (Wildman–Crippen LogP) is 4.97. The zero-order valence-electron chi connectivity index (χ0n) is 22.6. The van der Waals surface area contributed by atoms with Crippen LogP contribution in [0.2, 0.25) is 0 Å². The minimum Gasteiger partial charge on any atom is -0.497 e. The number of carbonyl (C=O) groups is 3. The number of hydrazone groups is 1. The Bertz CT molecular complexity index is 1700. The SMILES string of the molecule is COc1ccc(C(=O)N/N=C/C23c4ccccc4C(c4ccccc42)[C@@H]2C(=O)N(c4ccc(C)cc4)C(=O)[C@@H]23)cc1. The summed E-state index contributed by atoms with van der Waals surface area (Å²) in [7, 11) is 1.57. The van der Waals surface area contributed by atoms with Crippen molar-refractivity contribution in [1.29, 1.82) is 0 Å². The molecule has 4 aromatic rings. The highest BCUT2D eigenvalue weighted by Crippen LogP contribution is 2.63. The number of carbonyl (C=O) groups excluding carboxylic acids is 3. The third-order valence-corrected chi connectivity index (χ3v) is 8.76. The van der Waals surface area contributed by atoms with Gasteiger partial charge in [0.25, 0.3) is 5.91 Å². The Balaban J connectivity index is 1.37. The molecule has 3 amide bonds. The van der Waals surface area contributed by atoms with Crippen LogP contribution in [0.25, 0.3) is 0 Å². The number of amides is 3. The van der Waals surface area contributed by atoms with Crippen LogP contribution in [0.15, 0.2) is 102 Å². The molecule has 0 radical (unpaired) electrons. The summed E-state index contributed by atoms with van der Waals surface area (Å²) in [4.78, 5) is 42.9. The highest BCUT2D eigenvalue weighted by Gasteiger charge is 2.68. The quantitative estimate of drug-likeness (QED) is 0.220. The van der Waals surface area contributed by atoms with E-state index in [4.69, 9.17) is 4.74 Å². The topological polar surface area (TPSA) is 88.1 Å². The fourth-order valence-electron chi connectivity index (χ4n) is 7.00. The molecule has 1 heterocycles. The number of anilines is 1. The molecular formula is C34H27N3O4. The number of aryl methyl sites for hydroxylation is 1. The average molecular weight is 542 g/mol. The number of imide groups is 1. The molecule has 41 heavy (non-hydrogen) atoms. The molecule has 2 atom stereocenters. The molecule has 7 heteroatoms. The van der Waals surface area contributed by atoms with Crippen LogP contribution in [0.4, 0.5) is 5.69 Å². The highest BCUT2D eigenvalue weighted by atomic mass is 16.5. The number of methoxy groups -OCH3 is 1. The van der Waals surface area contributed by atoms with Gasteiger partial charge in [-0.25, -0.2) is 10.3 Å². The van der Waals surface area contributed by atoms with Gasteiger partial charge in [0, 0.05) is 17.7 Å². The molecule has 0 aromatic heterocycles. The summed E-state index contributed by atoms with van der Waals surface area (Å²) in [6.07, 6.45) is 1.67. The van der Waals surface area contributed by atoms with Crippen LogP contribution in [0, 0.1) is 18.8 Å². The molecule has 2 bridgehead atoms. The maximum Gasteiger partial charge on any atom is 0.271 e. The van der Waals surface area contributed by atoms with E-state index < -0.39 is 23.2 Å². The smallest absolute Gasteiger partial charge is 0.271 e. The number of hydrogen-bond acceptors (Lipinski definition) is 5. The van der Waals surface area contributed by atoms with Gasteiger partial charge < -0.3 is 4.74 Å². The first-order valence-electron chi connectivity index (χ1n) is 13.6.